The molecule has 0 radical (unpaired) electrons. The van der Waals surface area contributed by atoms with Crippen LogP contribution in [0.3, 0.4) is 0 Å². The second-order valence-electron chi connectivity index (χ2n) is 4.22. The molecule has 2 aromatic carbocycles. The molecular formula is C14H7ClF2N2OS. The van der Waals surface area contributed by atoms with Crippen LogP contribution in [0.2, 0.25) is 5.02 Å². The van der Waals surface area contributed by atoms with Crippen molar-refractivity contribution in [3.8, 4) is 0 Å². The van der Waals surface area contributed by atoms with E-state index in [1.807, 2.05) is 0 Å². The minimum Gasteiger partial charge on any atom is -0.298 e. The van der Waals surface area contributed by atoms with Gasteiger partial charge in [0, 0.05) is 16.7 Å². The van der Waals surface area contributed by atoms with Crippen LogP contribution in [0.15, 0.2) is 36.4 Å². The van der Waals surface area contributed by atoms with Gasteiger partial charge in [-0.05, 0) is 24.3 Å². The maximum atomic E-state index is 13.5. The van der Waals surface area contributed by atoms with E-state index in [0.717, 1.165) is 17.4 Å². The van der Waals surface area contributed by atoms with Crippen LogP contribution < -0.4 is 5.32 Å². The number of nitrogens with one attached hydrogen (secondary N) is 1. The van der Waals surface area contributed by atoms with Gasteiger partial charge in [-0.2, -0.15) is 0 Å². The number of carbonyl (C=O) groups is 1. The number of thiazole rings is 1. The fraction of sp³-hybridized carbons (Fsp3) is 0. The molecule has 1 heterocycles. The summed E-state index contributed by atoms with van der Waals surface area (Å²) in [5, 5.41) is 3.17. The van der Waals surface area contributed by atoms with Gasteiger partial charge in [0.15, 0.2) is 10.9 Å². The Labute approximate surface area is 127 Å². The maximum absolute atomic E-state index is 13.5. The molecule has 3 nitrogen and oxygen atoms in total. The van der Waals surface area contributed by atoms with Gasteiger partial charge in [0.2, 0.25) is 0 Å². The number of aromatic nitrogens is 1. The normalized spacial score (nSPS) is 10.8. The number of carbonyl (C=O) groups excluding carboxylic acids is 1. The quantitative estimate of drug-likeness (QED) is 0.755. The van der Waals surface area contributed by atoms with Crippen molar-refractivity contribution in [1.29, 1.82) is 0 Å². The fourth-order valence-electron chi connectivity index (χ4n) is 1.81. The van der Waals surface area contributed by atoms with E-state index in [-0.39, 0.29) is 10.6 Å². The summed E-state index contributed by atoms with van der Waals surface area (Å²) < 4.78 is 27.0. The molecule has 0 aliphatic heterocycles. The molecule has 0 bridgehead atoms. The minimum absolute atomic E-state index is 0.0304. The first-order valence-corrected chi connectivity index (χ1v) is 7.05. The second-order valence-corrected chi connectivity index (χ2v) is 5.68. The summed E-state index contributed by atoms with van der Waals surface area (Å²) in [6.45, 7) is 0. The summed E-state index contributed by atoms with van der Waals surface area (Å²) in [5.41, 5.74) is 0.385. The van der Waals surface area contributed by atoms with Gasteiger partial charge in [-0.1, -0.05) is 29.0 Å². The van der Waals surface area contributed by atoms with Crippen LogP contribution in [0.5, 0.6) is 0 Å². The van der Waals surface area contributed by atoms with Gasteiger partial charge in [-0.25, -0.2) is 13.8 Å². The topological polar surface area (TPSA) is 42.0 Å². The lowest BCUT2D eigenvalue weighted by molar-refractivity contribution is 0.102. The Morgan fingerprint density at radius 2 is 2.05 bits per heavy atom. The van der Waals surface area contributed by atoms with E-state index >= 15 is 0 Å². The van der Waals surface area contributed by atoms with Crippen LogP contribution in [0, 0.1) is 11.6 Å². The summed E-state index contributed by atoms with van der Waals surface area (Å²) in [4.78, 5) is 16.0. The summed E-state index contributed by atoms with van der Waals surface area (Å²) in [5.74, 6) is -1.86. The van der Waals surface area contributed by atoms with Crippen molar-refractivity contribution >= 4 is 44.2 Å². The van der Waals surface area contributed by atoms with Crippen LogP contribution in [-0.4, -0.2) is 10.9 Å². The lowest BCUT2D eigenvalue weighted by Crippen LogP contribution is -2.11. The Hall–Kier alpha value is -2.05. The lowest BCUT2D eigenvalue weighted by Gasteiger charge is -2.01. The molecule has 0 aliphatic rings. The number of benzene rings is 2. The summed E-state index contributed by atoms with van der Waals surface area (Å²) in [6, 6.07) is 8.31. The third-order valence-electron chi connectivity index (χ3n) is 2.72. The number of rotatable bonds is 2. The highest BCUT2D eigenvalue weighted by Crippen LogP contribution is 2.29. The van der Waals surface area contributed by atoms with Gasteiger partial charge < -0.3 is 0 Å². The SMILES string of the molecule is O=C(Nc1nc2c(F)cc(F)cc2s1)c1cccc(Cl)c1. The summed E-state index contributed by atoms with van der Waals surface area (Å²) >= 11 is 6.81. The minimum atomic E-state index is -0.760. The number of anilines is 1. The van der Waals surface area contributed by atoms with Gasteiger partial charge in [-0.3, -0.25) is 10.1 Å². The van der Waals surface area contributed by atoms with E-state index in [0.29, 0.717) is 15.3 Å². The Balaban J connectivity index is 1.91. The highest BCUT2D eigenvalue weighted by Gasteiger charge is 2.13. The predicted octanol–water partition coefficient (Wildman–Crippen LogP) is 4.48. The Morgan fingerprint density at radius 1 is 1.24 bits per heavy atom. The van der Waals surface area contributed by atoms with E-state index in [1.54, 1.807) is 18.2 Å². The van der Waals surface area contributed by atoms with E-state index in [9.17, 15) is 13.6 Å². The van der Waals surface area contributed by atoms with Gasteiger partial charge >= 0.3 is 0 Å². The van der Waals surface area contributed by atoms with Crippen LogP contribution in [0.25, 0.3) is 10.2 Å². The van der Waals surface area contributed by atoms with E-state index < -0.39 is 17.5 Å². The molecule has 0 saturated carbocycles. The van der Waals surface area contributed by atoms with Crippen LogP contribution in [0.4, 0.5) is 13.9 Å². The number of hydrogen-bond acceptors (Lipinski definition) is 3. The van der Waals surface area contributed by atoms with Crippen molar-refractivity contribution in [2.24, 2.45) is 0 Å². The second kappa shape index (κ2) is 5.38. The van der Waals surface area contributed by atoms with E-state index in [1.165, 1.54) is 12.1 Å². The molecular weight excluding hydrogens is 318 g/mol. The van der Waals surface area contributed by atoms with Crippen LogP contribution in [-0.2, 0) is 0 Å². The average Bonchev–Trinajstić information content (AvgIpc) is 2.81. The summed E-state index contributed by atoms with van der Waals surface area (Å²) in [7, 11) is 0. The monoisotopic (exact) mass is 324 g/mol. The molecule has 21 heavy (non-hydrogen) atoms. The number of fused-ring (bicyclic) bond motifs is 1. The Bertz CT molecular complexity index is 850. The third kappa shape index (κ3) is 2.86. The van der Waals surface area contributed by atoms with Gasteiger partial charge in [0.05, 0.1) is 4.70 Å². The molecule has 1 aromatic heterocycles. The number of amides is 1. The first-order valence-electron chi connectivity index (χ1n) is 5.85. The molecule has 106 valence electrons. The number of halogens is 3. The zero-order valence-electron chi connectivity index (χ0n) is 10.4. The van der Waals surface area contributed by atoms with Crippen molar-refractivity contribution in [3.05, 3.63) is 58.6 Å². The van der Waals surface area contributed by atoms with E-state index in [2.05, 4.69) is 10.3 Å². The first kappa shape index (κ1) is 13.9. The highest BCUT2D eigenvalue weighted by atomic mass is 35.5. The fourth-order valence-corrected chi connectivity index (χ4v) is 2.90. The highest BCUT2D eigenvalue weighted by molar-refractivity contribution is 7.22. The van der Waals surface area contributed by atoms with Gasteiger partial charge in [-0.15, -0.1) is 0 Å². The molecule has 1 N–H and O–H groups in total. The zero-order valence-corrected chi connectivity index (χ0v) is 11.9. The molecule has 0 atom stereocenters. The van der Waals surface area contributed by atoms with Crippen molar-refractivity contribution in [2.45, 2.75) is 0 Å². The smallest absolute Gasteiger partial charge is 0.257 e. The first-order chi connectivity index (χ1) is 10.0. The molecule has 7 heteroatoms. The molecule has 1 amide bonds. The van der Waals surface area contributed by atoms with Gasteiger partial charge in [0.25, 0.3) is 5.91 Å². The molecule has 0 fully saturated rings. The molecule has 0 unspecified atom stereocenters. The lowest BCUT2D eigenvalue weighted by atomic mass is 10.2. The van der Waals surface area contributed by atoms with Crippen molar-refractivity contribution in [2.75, 3.05) is 5.32 Å². The molecule has 3 rings (SSSR count). The standard InChI is InChI=1S/C14H7ClF2N2OS/c15-8-3-1-2-7(4-8)13(20)19-14-18-12-10(17)5-9(16)6-11(12)21-14/h1-6H,(H,18,19,20). The van der Waals surface area contributed by atoms with Crippen LogP contribution in [0.1, 0.15) is 10.4 Å². The molecule has 0 aliphatic carbocycles. The molecule has 3 aromatic rings. The average molecular weight is 325 g/mol. The Kier molecular flexibility index (Phi) is 3.57. The van der Waals surface area contributed by atoms with Crippen LogP contribution >= 0.6 is 22.9 Å². The third-order valence-corrected chi connectivity index (χ3v) is 3.87. The van der Waals surface area contributed by atoms with Crippen molar-refractivity contribution in [1.82, 2.24) is 4.98 Å². The van der Waals surface area contributed by atoms with Gasteiger partial charge in [0.1, 0.15) is 11.3 Å². The maximum Gasteiger partial charge on any atom is 0.257 e. The van der Waals surface area contributed by atoms with Crippen molar-refractivity contribution < 1.29 is 13.6 Å². The summed E-state index contributed by atoms with van der Waals surface area (Å²) in [6.07, 6.45) is 0. The largest absolute Gasteiger partial charge is 0.298 e. The Morgan fingerprint density at radius 3 is 2.81 bits per heavy atom. The molecule has 0 saturated heterocycles. The predicted molar refractivity (Wildman–Crippen MR) is 78.9 cm³/mol. The van der Waals surface area contributed by atoms with Crippen molar-refractivity contribution in [3.63, 3.8) is 0 Å². The molecule has 0 spiro atoms. The van der Waals surface area contributed by atoms with E-state index in [4.69, 9.17) is 11.6 Å². The number of nitrogens with zero attached hydrogens (tertiary/aromatic N) is 1. The zero-order chi connectivity index (χ0) is 15.0. The number of hydrogen-bond donors (Lipinski definition) is 1.